The van der Waals surface area contributed by atoms with Crippen molar-refractivity contribution >= 4 is 27.5 Å². The minimum atomic E-state index is -0.381. The lowest BCUT2D eigenvalue weighted by Crippen LogP contribution is -2.19. The number of benzene rings is 2. The predicted octanol–water partition coefficient (Wildman–Crippen LogP) is 3.70. The summed E-state index contributed by atoms with van der Waals surface area (Å²) >= 11 is 3.38. The van der Waals surface area contributed by atoms with Gasteiger partial charge < -0.3 is 5.11 Å². The highest BCUT2D eigenvalue weighted by Crippen LogP contribution is 2.20. The number of amides is 1. The highest BCUT2D eigenvalue weighted by molar-refractivity contribution is 9.10. The zero-order valence-electron chi connectivity index (χ0n) is 13.3. The molecule has 0 atom stereocenters. The molecule has 0 radical (unpaired) electrons. The van der Waals surface area contributed by atoms with Crippen molar-refractivity contribution in [2.24, 2.45) is 5.10 Å². The van der Waals surface area contributed by atoms with Gasteiger partial charge >= 0.3 is 0 Å². The third-order valence-electron chi connectivity index (χ3n) is 3.57. The molecule has 3 aromatic rings. The Morgan fingerprint density at radius 2 is 1.84 bits per heavy atom. The topological polar surface area (TPSA) is 90.4 Å². The summed E-state index contributed by atoms with van der Waals surface area (Å²) in [5, 5.41) is 20.2. The Hall–Kier alpha value is -2.93. The molecule has 1 heterocycles. The number of rotatable bonds is 4. The molecule has 0 saturated heterocycles. The van der Waals surface area contributed by atoms with Gasteiger partial charge in [-0.15, -0.1) is 0 Å². The van der Waals surface area contributed by atoms with Crippen LogP contribution in [-0.2, 0) is 0 Å². The first kappa shape index (κ1) is 16.9. The molecule has 3 N–H and O–H groups in total. The SMILES string of the molecule is C/C(=N/NC(=O)c1cc(-c2ccc(Br)cc2)n[nH]1)c1ccc(O)cc1. The Morgan fingerprint density at radius 3 is 2.52 bits per heavy atom. The van der Waals surface area contributed by atoms with E-state index in [1.807, 2.05) is 24.3 Å². The van der Waals surface area contributed by atoms with Gasteiger partial charge in [0, 0.05) is 10.0 Å². The average molecular weight is 399 g/mol. The number of aromatic nitrogens is 2. The fourth-order valence-electron chi connectivity index (χ4n) is 2.17. The van der Waals surface area contributed by atoms with Gasteiger partial charge in [0.2, 0.25) is 0 Å². The summed E-state index contributed by atoms with van der Waals surface area (Å²) in [5.74, 6) is -0.201. The van der Waals surface area contributed by atoms with Crippen molar-refractivity contribution in [3.05, 3.63) is 70.3 Å². The van der Waals surface area contributed by atoms with Crippen LogP contribution in [0.5, 0.6) is 5.75 Å². The Balaban J connectivity index is 1.70. The van der Waals surface area contributed by atoms with Crippen molar-refractivity contribution in [1.29, 1.82) is 0 Å². The molecule has 25 heavy (non-hydrogen) atoms. The number of nitrogens with zero attached hydrogens (tertiary/aromatic N) is 2. The molecule has 0 bridgehead atoms. The van der Waals surface area contributed by atoms with Gasteiger partial charge in [-0.05, 0) is 55.0 Å². The summed E-state index contributed by atoms with van der Waals surface area (Å²) in [4.78, 5) is 12.2. The normalized spacial score (nSPS) is 11.4. The third-order valence-corrected chi connectivity index (χ3v) is 4.10. The van der Waals surface area contributed by atoms with E-state index in [4.69, 9.17) is 0 Å². The molecule has 0 aliphatic carbocycles. The number of aromatic hydroxyl groups is 1. The summed E-state index contributed by atoms with van der Waals surface area (Å²) in [6.07, 6.45) is 0. The van der Waals surface area contributed by atoms with Crippen LogP contribution in [-0.4, -0.2) is 26.9 Å². The molecule has 1 aromatic heterocycles. The first-order valence-electron chi connectivity index (χ1n) is 7.48. The van der Waals surface area contributed by atoms with Gasteiger partial charge in [-0.1, -0.05) is 28.1 Å². The van der Waals surface area contributed by atoms with Crippen LogP contribution in [0.2, 0.25) is 0 Å². The zero-order valence-corrected chi connectivity index (χ0v) is 14.9. The highest BCUT2D eigenvalue weighted by Gasteiger charge is 2.11. The van der Waals surface area contributed by atoms with Crippen molar-refractivity contribution < 1.29 is 9.90 Å². The van der Waals surface area contributed by atoms with E-state index in [1.165, 1.54) is 0 Å². The maximum absolute atomic E-state index is 12.2. The van der Waals surface area contributed by atoms with Crippen molar-refractivity contribution in [3.63, 3.8) is 0 Å². The second kappa shape index (κ2) is 7.31. The van der Waals surface area contributed by atoms with Gasteiger partial charge in [0.25, 0.3) is 5.91 Å². The van der Waals surface area contributed by atoms with Gasteiger partial charge in [0.15, 0.2) is 0 Å². The van der Waals surface area contributed by atoms with Crippen LogP contribution >= 0.6 is 15.9 Å². The number of hydrazone groups is 1. The van der Waals surface area contributed by atoms with E-state index in [9.17, 15) is 9.90 Å². The number of aromatic amines is 1. The van der Waals surface area contributed by atoms with Crippen LogP contribution in [0, 0.1) is 0 Å². The Morgan fingerprint density at radius 1 is 1.16 bits per heavy atom. The number of hydrogen-bond donors (Lipinski definition) is 3. The summed E-state index contributed by atoms with van der Waals surface area (Å²) in [5.41, 5.74) is 5.83. The monoisotopic (exact) mass is 398 g/mol. The molecule has 0 aliphatic heterocycles. The summed E-state index contributed by atoms with van der Waals surface area (Å²) in [6, 6.07) is 15.9. The van der Waals surface area contributed by atoms with Crippen LogP contribution in [0.1, 0.15) is 23.0 Å². The molecule has 3 rings (SSSR count). The van der Waals surface area contributed by atoms with E-state index in [-0.39, 0.29) is 11.7 Å². The van der Waals surface area contributed by atoms with Crippen LogP contribution in [0.25, 0.3) is 11.3 Å². The van der Waals surface area contributed by atoms with Crippen molar-refractivity contribution in [2.75, 3.05) is 0 Å². The van der Waals surface area contributed by atoms with E-state index in [2.05, 4.69) is 36.7 Å². The quantitative estimate of drug-likeness (QED) is 0.462. The molecular formula is C18H15BrN4O2. The van der Waals surface area contributed by atoms with Crippen LogP contribution < -0.4 is 5.43 Å². The molecule has 126 valence electrons. The predicted molar refractivity (Wildman–Crippen MR) is 99.5 cm³/mol. The van der Waals surface area contributed by atoms with Crippen LogP contribution in [0.4, 0.5) is 0 Å². The molecule has 0 aliphatic rings. The number of carbonyl (C=O) groups excluding carboxylic acids is 1. The maximum Gasteiger partial charge on any atom is 0.289 e. The molecule has 0 spiro atoms. The number of H-pyrrole nitrogens is 1. The molecule has 0 unspecified atom stereocenters. The Kier molecular flexibility index (Phi) is 4.95. The first-order valence-corrected chi connectivity index (χ1v) is 8.27. The molecule has 0 saturated carbocycles. The fraction of sp³-hybridized carbons (Fsp3) is 0.0556. The largest absolute Gasteiger partial charge is 0.508 e. The minimum Gasteiger partial charge on any atom is -0.508 e. The lowest BCUT2D eigenvalue weighted by Gasteiger charge is -2.02. The number of carbonyl (C=O) groups is 1. The van der Waals surface area contributed by atoms with E-state index in [0.717, 1.165) is 15.6 Å². The number of phenols is 1. The standard InChI is InChI=1S/C18H15BrN4O2/c1-11(12-4-8-15(24)9-5-12)20-23-18(25)17-10-16(21-22-17)13-2-6-14(19)7-3-13/h2-10,24H,1H3,(H,21,22)(H,23,25)/b20-11-. The minimum absolute atomic E-state index is 0.179. The molecule has 2 aromatic carbocycles. The van der Waals surface area contributed by atoms with E-state index < -0.39 is 0 Å². The lowest BCUT2D eigenvalue weighted by molar-refractivity contribution is 0.0950. The second-order valence-electron chi connectivity index (χ2n) is 5.36. The van der Waals surface area contributed by atoms with Crippen LogP contribution in [0.15, 0.2) is 64.2 Å². The smallest absolute Gasteiger partial charge is 0.289 e. The molecule has 0 fully saturated rings. The van der Waals surface area contributed by atoms with Crippen molar-refractivity contribution in [2.45, 2.75) is 6.92 Å². The molecule has 6 nitrogen and oxygen atoms in total. The third kappa shape index (κ3) is 4.13. The van der Waals surface area contributed by atoms with Gasteiger partial charge in [-0.25, -0.2) is 5.43 Å². The Bertz CT molecular complexity index is 915. The lowest BCUT2D eigenvalue weighted by atomic mass is 10.1. The van der Waals surface area contributed by atoms with Gasteiger partial charge in [0.05, 0.1) is 11.4 Å². The molecular weight excluding hydrogens is 384 g/mol. The highest BCUT2D eigenvalue weighted by atomic mass is 79.9. The zero-order chi connectivity index (χ0) is 17.8. The first-order chi connectivity index (χ1) is 12.0. The number of nitrogens with one attached hydrogen (secondary N) is 2. The summed E-state index contributed by atoms with van der Waals surface area (Å²) in [6.45, 7) is 1.77. The number of phenolic OH excluding ortho intramolecular Hbond substituents is 1. The number of hydrogen-bond acceptors (Lipinski definition) is 4. The average Bonchev–Trinajstić information content (AvgIpc) is 3.11. The van der Waals surface area contributed by atoms with Gasteiger partial charge in [-0.3, -0.25) is 9.89 Å². The van der Waals surface area contributed by atoms with E-state index in [0.29, 0.717) is 17.1 Å². The van der Waals surface area contributed by atoms with Gasteiger partial charge in [0.1, 0.15) is 11.4 Å². The number of halogens is 1. The van der Waals surface area contributed by atoms with Crippen LogP contribution in [0.3, 0.4) is 0 Å². The second-order valence-corrected chi connectivity index (χ2v) is 6.27. The Labute approximate surface area is 152 Å². The molecule has 7 heteroatoms. The summed E-state index contributed by atoms with van der Waals surface area (Å²) in [7, 11) is 0. The maximum atomic E-state index is 12.2. The van der Waals surface area contributed by atoms with E-state index in [1.54, 1.807) is 37.3 Å². The molecule has 1 amide bonds. The fourth-order valence-corrected chi connectivity index (χ4v) is 2.43. The van der Waals surface area contributed by atoms with Crippen molar-refractivity contribution in [3.8, 4) is 17.0 Å². The van der Waals surface area contributed by atoms with Gasteiger partial charge in [-0.2, -0.15) is 10.2 Å². The van der Waals surface area contributed by atoms with Crippen molar-refractivity contribution in [1.82, 2.24) is 15.6 Å². The van der Waals surface area contributed by atoms with E-state index >= 15 is 0 Å². The summed E-state index contributed by atoms with van der Waals surface area (Å²) < 4.78 is 0.976.